The van der Waals surface area contributed by atoms with Crippen LogP contribution in [-0.4, -0.2) is 60.2 Å². The highest BCUT2D eigenvalue weighted by Crippen LogP contribution is 2.30. The standard InChI is InChI=1S/C24H27F3N6O3/c1-5-36-23-20(33-8-10-35-11-9-33)13-19(31-32-23)16(3)17(4)29-14-15(2)30-22(34)18-6-7-28-21(12-18)24(25,26)27/h6-7,12-14H,2,5,8-11H2,1,3-4H3,(H,30,34)/b17-16+,29-14-. The van der Waals surface area contributed by atoms with Gasteiger partial charge < -0.3 is 19.7 Å². The van der Waals surface area contributed by atoms with E-state index in [2.05, 4.69) is 37.0 Å². The van der Waals surface area contributed by atoms with Crippen molar-refractivity contribution in [3.05, 3.63) is 59.3 Å². The number of rotatable bonds is 8. The first-order valence-electron chi connectivity index (χ1n) is 11.2. The number of anilines is 1. The van der Waals surface area contributed by atoms with Crippen molar-refractivity contribution in [1.82, 2.24) is 20.5 Å². The van der Waals surface area contributed by atoms with E-state index in [-0.39, 0.29) is 11.3 Å². The third kappa shape index (κ3) is 6.87. The van der Waals surface area contributed by atoms with Crippen molar-refractivity contribution in [2.75, 3.05) is 37.8 Å². The SMILES string of the molecule is C=C(/C=N\C(C)=C(/C)c1cc(N2CCOCC2)c(OCC)nn1)NC(=O)c1ccnc(C(F)(F)F)c1. The van der Waals surface area contributed by atoms with Crippen molar-refractivity contribution in [3.63, 3.8) is 0 Å². The fourth-order valence-electron chi connectivity index (χ4n) is 3.26. The molecule has 2 aromatic heterocycles. The van der Waals surface area contributed by atoms with Gasteiger partial charge in [-0.3, -0.25) is 14.8 Å². The molecule has 36 heavy (non-hydrogen) atoms. The molecule has 3 heterocycles. The first-order valence-corrected chi connectivity index (χ1v) is 11.2. The Hall–Kier alpha value is -3.80. The smallest absolute Gasteiger partial charge is 0.433 e. The van der Waals surface area contributed by atoms with Crippen molar-refractivity contribution < 1.29 is 27.4 Å². The first-order chi connectivity index (χ1) is 17.1. The van der Waals surface area contributed by atoms with Gasteiger partial charge in [0.25, 0.3) is 11.8 Å². The highest BCUT2D eigenvalue weighted by atomic mass is 19.4. The molecule has 0 radical (unpaired) electrons. The Morgan fingerprint density at radius 3 is 2.67 bits per heavy atom. The molecule has 9 nitrogen and oxygen atoms in total. The zero-order valence-corrected chi connectivity index (χ0v) is 20.2. The van der Waals surface area contributed by atoms with Gasteiger partial charge in [-0.15, -0.1) is 10.2 Å². The molecule has 1 saturated heterocycles. The number of alkyl halides is 3. The summed E-state index contributed by atoms with van der Waals surface area (Å²) in [6.07, 6.45) is -2.42. The zero-order valence-electron chi connectivity index (χ0n) is 20.2. The van der Waals surface area contributed by atoms with Crippen LogP contribution in [0.25, 0.3) is 5.57 Å². The van der Waals surface area contributed by atoms with Gasteiger partial charge in [-0.05, 0) is 44.5 Å². The minimum Gasteiger partial charge on any atom is -0.475 e. The molecule has 192 valence electrons. The Kier molecular flexibility index (Phi) is 8.75. The van der Waals surface area contributed by atoms with E-state index in [1.807, 2.05) is 19.9 Å². The van der Waals surface area contributed by atoms with E-state index in [0.29, 0.717) is 56.2 Å². The van der Waals surface area contributed by atoms with E-state index in [1.165, 1.54) is 12.3 Å². The van der Waals surface area contributed by atoms with Crippen LogP contribution in [0.4, 0.5) is 18.9 Å². The number of aliphatic imine (C=N–C) groups is 1. The van der Waals surface area contributed by atoms with Crippen LogP contribution in [0.5, 0.6) is 5.88 Å². The monoisotopic (exact) mass is 504 g/mol. The van der Waals surface area contributed by atoms with Crippen molar-refractivity contribution in [1.29, 1.82) is 0 Å². The first kappa shape index (κ1) is 26.8. The number of aromatic nitrogens is 3. The molecular weight excluding hydrogens is 477 g/mol. The predicted molar refractivity (Wildman–Crippen MR) is 129 cm³/mol. The summed E-state index contributed by atoms with van der Waals surface area (Å²) in [6, 6.07) is 3.74. The maximum absolute atomic E-state index is 12.8. The van der Waals surface area contributed by atoms with Crippen LogP contribution >= 0.6 is 0 Å². The molecule has 0 saturated carbocycles. The molecule has 0 spiro atoms. The number of carbonyl (C=O) groups excluding carboxylic acids is 1. The molecule has 1 amide bonds. The highest BCUT2D eigenvalue weighted by molar-refractivity contribution is 5.98. The number of nitrogens with zero attached hydrogens (tertiary/aromatic N) is 5. The average Bonchev–Trinajstić information content (AvgIpc) is 2.87. The summed E-state index contributed by atoms with van der Waals surface area (Å²) in [5, 5.41) is 10.9. The summed E-state index contributed by atoms with van der Waals surface area (Å²) in [5.41, 5.74) is 1.48. The molecular formula is C24H27F3N6O3. The molecule has 1 fully saturated rings. The molecule has 2 aromatic rings. The number of halogens is 3. The Bertz CT molecular complexity index is 1170. The van der Waals surface area contributed by atoms with Crippen LogP contribution in [-0.2, 0) is 10.9 Å². The van der Waals surface area contributed by atoms with E-state index >= 15 is 0 Å². The van der Waals surface area contributed by atoms with Gasteiger partial charge in [0, 0.05) is 30.5 Å². The lowest BCUT2D eigenvalue weighted by molar-refractivity contribution is -0.141. The van der Waals surface area contributed by atoms with Gasteiger partial charge in [0.15, 0.2) is 0 Å². The number of ether oxygens (including phenoxy) is 2. The Morgan fingerprint density at radius 1 is 1.28 bits per heavy atom. The third-order valence-electron chi connectivity index (χ3n) is 5.30. The molecule has 0 atom stereocenters. The van der Waals surface area contributed by atoms with Gasteiger partial charge in [-0.1, -0.05) is 6.58 Å². The molecule has 0 aliphatic carbocycles. The number of pyridine rings is 1. The lowest BCUT2D eigenvalue weighted by Crippen LogP contribution is -2.36. The van der Waals surface area contributed by atoms with E-state index in [0.717, 1.165) is 17.5 Å². The van der Waals surface area contributed by atoms with Crippen LogP contribution in [0.1, 0.15) is 42.5 Å². The lowest BCUT2D eigenvalue weighted by atomic mass is 10.1. The maximum Gasteiger partial charge on any atom is 0.433 e. The fraction of sp³-hybridized carbons (Fsp3) is 0.375. The number of carbonyl (C=O) groups is 1. The quantitative estimate of drug-likeness (QED) is 0.544. The van der Waals surface area contributed by atoms with Gasteiger partial charge in [-0.25, -0.2) is 0 Å². The maximum atomic E-state index is 12.8. The van der Waals surface area contributed by atoms with Crippen LogP contribution in [0.2, 0.25) is 0 Å². The molecule has 0 bridgehead atoms. The Morgan fingerprint density at radius 2 is 2.00 bits per heavy atom. The summed E-state index contributed by atoms with van der Waals surface area (Å²) >= 11 is 0. The number of nitrogens with one attached hydrogen (secondary N) is 1. The van der Waals surface area contributed by atoms with Crippen LogP contribution in [0.3, 0.4) is 0 Å². The topological polar surface area (TPSA) is 102 Å². The molecule has 1 aliphatic heterocycles. The molecule has 12 heteroatoms. The van der Waals surface area contributed by atoms with Gasteiger partial charge >= 0.3 is 6.18 Å². The van der Waals surface area contributed by atoms with Crippen LogP contribution in [0, 0.1) is 0 Å². The highest BCUT2D eigenvalue weighted by Gasteiger charge is 2.33. The summed E-state index contributed by atoms with van der Waals surface area (Å²) < 4.78 is 49.6. The van der Waals surface area contributed by atoms with E-state index < -0.39 is 17.8 Å². The Balaban J connectivity index is 1.74. The number of amides is 1. The number of hydrogen-bond donors (Lipinski definition) is 1. The molecule has 0 unspecified atom stereocenters. The second-order valence-corrected chi connectivity index (χ2v) is 7.83. The minimum absolute atomic E-state index is 0.101. The summed E-state index contributed by atoms with van der Waals surface area (Å²) in [5.74, 6) is -0.316. The van der Waals surface area contributed by atoms with Crippen molar-refractivity contribution >= 4 is 23.4 Å². The van der Waals surface area contributed by atoms with E-state index in [1.54, 1.807) is 6.92 Å². The molecule has 1 aliphatic rings. The molecule has 3 rings (SSSR count). The van der Waals surface area contributed by atoms with E-state index in [9.17, 15) is 18.0 Å². The molecule has 0 aromatic carbocycles. The fourth-order valence-corrected chi connectivity index (χ4v) is 3.26. The summed E-state index contributed by atoms with van der Waals surface area (Å²) in [6.45, 7) is 12.2. The minimum atomic E-state index is -4.65. The second kappa shape index (κ2) is 11.8. The molecule has 1 N–H and O–H groups in total. The zero-order chi connectivity index (χ0) is 26.3. The van der Waals surface area contributed by atoms with Crippen molar-refractivity contribution in [2.45, 2.75) is 26.9 Å². The van der Waals surface area contributed by atoms with Gasteiger partial charge in [0.05, 0.1) is 37.4 Å². The number of hydrogen-bond acceptors (Lipinski definition) is 8. The number of morpholine rings is 1. The van der Waals surface area contributed by atoms with Crippen LogP contribution < -0.4 is 15.0 Å². The van der Waals surface area contributed by atoms with Gasteiger partial charge in [-0.2, -0.15) is 13.2 Å². The summed E-state index contributed by atoms with van der Waals surface area (Å²) in [4.78, 5) is 22.0. The lowest BCUT2D eigenvalue weighted by Gasteiger charge is -2.29. The van der Waals surface area contributed by atoms with E-state index in [4.69, 9.17) is 9.47 Å². The van der Waals surface area contributed by atoms with Gasteiger partial charge in [0.2, 0.25) is 0 Å². The number of allylic oxidation sites excluding steroid dienone is 3. The normalized spacial score (nSPS) is 15.0. The average molecular weight is 505 g/mol. The van der Waals surface area contributed by atoms with Gasteiger partial charge in [0.1, 0.15) is 11.4 Å². The second-order valence-electron chi connectivity index (χ2n) is 7.83. The third-order valence-corrected chi connectivity index (χ3v) is 5.30. The largest absolute Gasteiger partial charge is 0.475 e. The Labute approximate surface area is 206 Å². The summed E-state index contributed by atoms with van der Waals surface area (Å²) in [7, 11) is 0. The van der Waals surface area contributed by atoms with Crippen molar-refractivity contribution in [2.24, 2.45) is 4.99 Å². The van der Waals surface area contributed by atoms with Crippen molar-refractivity contribution in [3.8, 4) is 5.88 Å². The predicted octanol–water partition coefficient (Wildman–Crippen LogP) is 3.89. The van der Waals surface area contributed by atoms with Crippen LogP contribution in [0.15, 0.2) is 47.4 Å².